The SMILES string of the molecule is C=CCOC(=O)C(C)(Cc1csc2ccccc12)C[C@@H](CO[Si](C)(C)C(C)(C)C)N(C)C(=O)c1ccc(I)cc1. The second-order valence-electron chi connectivity index (χ2n) is 12.2. The minimum absolute atomic E-state index is 0.0119. The first-order chi connectivity index (χ1) is 18.7. The topological polar surface area (TPSA) is 55.8 Å². The van der Waals surface area contributed by atoms with Crippen LogP contribution in [0, 0.1) is 8.99 Å². The standard InChI is InChI=1S/C32H42INO4SSi/c1-9-18-37-30(36)32(5,19-24-22-39-28-13-11-10-12-27(24)28)20-26(21-38-40(7,8)31(2,3)4)34(6)29(35)23-14-16-25(33)17-15-23/h9-17,22,26H,1,18-21H2,2-8H3/t26-,32?/m0/s1. The second-order valence-corrected chi connectivity index (χ2v) is 19.2. The summed E-state index contributed by atoms with van der Waals surface area (Å²) < 4.78 is 14.6. The van der Waals surface area contributed by atoms with Gasteiger partial charge in [-0.1, -0.05) is 51.6 Å². The third-order valence-electron chi connectivity index (χ3n) is 8.05. The quantitative estimate of drug-likeness (QED) is 0.0830. The van der Waals surface area contributed by atoms with Gasteiger partial charge in [0.1, 0.15) is 6.61 Å². The van der Waals surface area contributed by atoms with E-state index in [1.807, 2.05) is 50.4 Å². The van der Waals surface area contributed by atoms with Crippen molar-refractivity contribution in [3.8, 4) is 0 Å². The number of carbonyl (C=O) groups is 2. The normalized spacial score (nSPS) is 14.4. The van der Waals surface area contributed by atoms with Crippen LogP contribution in [0.3, 0.4) is 0 Å². The van der Waals surface area contributed by atoms with E-state index < -0.39 is 13.7 Å². The minimum Gasteiger partial charge on any atom is -0.461 e. The Morgan fingerprint density at radius 1 is 1.10 bits per heavy atom. The molecule has 0 aliphatic heterocycles. The van der Waals surface area contributed by atoms with Crippen molar-refractivity contribution in [1.82, 2.24) is 4.90 Å². The molecule has 3 aromatic rings. The molecule has 0 saturated heterocycles. The van der Waals surface area contributed by atoms with Crippen LogP contribution in [0.25, 0.3) is 10.1 Å². The Morgan fingerprint density at radius 2 is 1.75 bits per heavy atom. The number of thiophene rings is 1. The van der Waals surface area contributed by atoms with Crippen LogP contribution >= 0.6 is 33.9 Å². The summed E-state index contributed by atoms with van der Waals surface area (Å²) >= 11 is 3.91. The average molecular weight is 692 g/mol. The van der Waals surface area contributed by atoms with Gasteiger partial charge in [0.15, 0.2) is 8.32 Å². The maximum Gasteiger partial charge on any atom is 0.312 e. The van der Waals surface area contributed by atoms with Crippen molar-refractivity contribution in [3.63, 3.8) is 0 Å². The molecule has 0 aliphatic carbocycles. The Morgan fingerprint density at radius 3 is 2.38 bits per heavy atom. The van der Waals surface area contributed by atoms with Crippen LogP contribution in [0.2, 0.25) is 18.1 Å². The Hall–Kier alpha value is -2.01. The summed E-state index contributed by atoms with van der Waals surface area (Å²) in [5, 5.41) is 3.29. The van der Waals surface area contributed by atoms with E-state index in [4.69, 9.17) is 9.16 Å². The van der Waals surface area contributed by atoms with Crippen molar-refractivity contribution in [1.29, 1.82) is 0 Å². The molecule has 8 heteroatoms. The zero-order chi connectivity index (χ0) is 29.7. The summed E-state index contributed by atoms with van der Waals surface area (Å²) in [5.41, 5.74) is 0.823. The number of hydrogen-bond acceptors (Lipinski definition) is 5. The predicted molar refractivity (Wildman–Crippen MR) is 178 cm³/mol. The van der Waals surface area contributed by atoms with Gasteiger partial charge in [-0.3, -0.25) is 9.59 Å². The van der Waals surface area contributed by atoms with Crippen LogP contribution in [0.5, 0.6) is 0 Å². The summed E-state index contributed by atoms with van der Waals surface area (Å²) in [7, 11) is -0.310. The number of likely N-dealkylation sites (N-methyl/N-ethyl adjacent to an activating group) is 1. The number of nitrogens with zero attached hydrogens (tertiary/aromatic N) is 1. The van der Waals surface area contributed by atoms with Crippen molar-refractivity contribution in [3.05, 3.63) is 81.3 Å². The molecule has 2 aromatic carbocycles. The third-order valence-corrected chi connectivity index (χ3v) is 14.3. The molecule has 1 amide bonds. The van der Waals surface area contributed by atoms with Crippen molar-refractivity contribution < 1.29 is 18.8 Å². The van der Waals surface area contributed by atoms with Gasteiger partial charge in [0.2, 0.25) is 0 Å². The fourth-order valence-corrected chi connectivity index (χ4v) is 6.80. The average Bonchev–Trinajstić information content (AvgIpc) is 3.31. The van der Waals surface area contributed by atoms with Gasteiger partial charge in [-0.05, 0) is 107 Å². The number of halogens is 1. The van der Waals surface area contributed by atoms with Gasteiger partial charge in [0, 0.05) is 20.9 Å². The summed E-state index contributed by atoms with van der Waals surface area (Å²) in [4.78, 5) is 29.1. The monoisotopic (exact) mass is 691 g/mol. The number of carbonyl (C=O) groups excluding carboxylic acids is 2. The van der Waals surface area contributed by atoms with E-state index in [2.05, 4.69) is 80.5 Å². The van der Waals surface area contributed by atoms with Gasteiger partial charge >= 0.3 is 5.97 Å². The molecule has 0 saturated carbocycles. The first-order valence-electron chi connectivity index (χ1n) is 13.6. The van der Waals surface area contributed by atoms with Gasteiger partial charge in [0.05, 0.1) is 18.1 Å². The number of rotatable bonds is 12. The molecule has 40 heavy (non-hydrogen) atoms. The molecule has 3 rings (SSSR count). The van der Waals surface area contributed by atoms with Crippen molar-refractivity contribution in [2.24, 2.45) is 5.41 Å². The molecule has 0 spiro atoms. The van der Waals surface area contributed by atoms with Crippen LogP contribution in [-0.4, -0.2) is 51.4 Å². The molecule has 0 aliphatic rings. The number of fused-ring (bicyclic) bond motifs is 1. The highest BCUT2D eigenvalue weighted by Crippen LogP contribution is 2.39. The second kappa shape index (κ2) is 13.3. The zero-order valence-electron chi connectivity index (χ0n) is 24.8. The summed E-state index contributed by atoms with van der Waals surface area (Å²) in [6.07, 6.45) is 2.48. The highest BCUT2D eigenvalue weighted by Gasteiger charge is 2.42. The largest absolute Gasteiger partial charge is 0.461 e. The van der Waals surface area contributed by atoms with Crippen LogP contribution in [0.4, 0.5) is 0 Å². The van der Waals surface area contributed by atoms with Crippen molar-refractivity contribution in [2.45, 2.75) is 64.7 Å². The van der Waals surface area contributed by atoms with Crippen molar-refractivity contribution >= 4 is 64.2 Å². The van der Waals surface area contributed by atoms with Gasteiger partial charge in [-0.2, -0.15) is 0 Å². The smallest absolute Gasteiger partial charge is 0.312 e. The molecular weight excluding hydrogens is 649 g/mol. The Bertz CT molecular complexity index is 1330. The lowest BCUT2D eigenvalue weighted by Gasteiger charge is -2.40. The van der Waals surface area contributed by atoms with E-state index in [-0.39, 0.29) is 29.6 Å². The zero-order valence-corrected chi connectivity index (χ0v) is 28.7. The molecule has 2 atom stereocenters. The van der Waals surface area contributed by atoms with E-state index in [0.29, 0.717) is 25.0 Å². The first kappa shape index (κ1) is 32.5. The van der Waals surface area contributed by atoms with Gasteiger partial charge < -0.3 is 14.1 Å². The predicted octanol–water partition coefficient (Wildman–Crippen LogP) is 8.34. The Labute approximate surface area is 258 Å². The lowest BCUT2D eigenvalue weighted by Crippen LogP contribution is -2.49. The number of amides is 1. The molecule has 0 N–H and O–H groups in total. The fraction of sp³-hybridized carbons (Fsp3) is 0.438. The van der Waals surface area contributed by atoms with E-state index in [0.717, 1.165) is 14.5 Å². The molecular formula is C32H42INO4SSi. The first-order valence-corrected chi connectivity index (χ1v) is 18.4. The lowest BCUT2D eigenvalue weighted by atomic mass is 9.77. The van der Waals surface area contributed by atoms with Gasteiger partial charge in [0.25, 0.3) is 5.91 Å². The van der Waals surface area contributed by atoms with Crippen LogP contribution in [-0.2, 0) is 20.4 Å². The molecule has 5 nitrogen and oxygen atoms in total. The van der Waals surface area contributed by atoms with E-state index in [9.17, 15) is 9.59 Å². The van der Waals surface area contributed by atoms with Crippen LogP contribution in [0.15, 0.2) is 66.6 Å². The molecule has 216 valence electrons. The summed E-state index contributed by atoms with van der Waals surface area (Å²) in [6, 6.07) is 15.5. The van der Waals surface area contributed by atoms with Gasteiger partial charge in [-0.25, -0.2) is 0 Å². The minimum atomic E-state index is -2.12. The number of benzene rings is 2. The Balaban J connectivity index is 2.00. The molecule has 1 aromatic heterocycles. The number of ether oxygens (including phenoxy) is 1. The maximum atomic E-state index is 13.7. The lowest BCUT2D eigenvalue weighted by molar-refractivity contribution is -0.155. The van der Waals surface area contributed by atoms with Crippen LogP contribution < -0.4 is 0 Å². The van der Waals surface area contributed by atoms with E-state index in [1.165, 1.54) is 4.70 Å². The van der Waals surface area contributed by atoms with Crippen molar-refractivity contribution in [2.75, 3.05) is 20.3 Å². The van der Waals surface area contributed by atoms with E-state index in [1.54, 1.807) is 22.3 Å². The van der Waals surface area contributed by atoms with Crippen LogP contribution in [0.1, 0.15) is 50.0 Å². The Kier molecular flexibility index (Phi) is 10.8. The third kappa shape index (κ3) is 7.83. The molecule has 0 radical (unpaired) electrons. The summed E-state index contributed by atoms with van der Waals surface area (Å²) in [6.45, 7) is 17.2. The fourth-order valence-electron chi connectivity index (χ4n) is 4.44. The summed E-state index contributed by atoms with van der Waals surface area (Å²) in [5.74, 6) is -0.391. The van der Waals surface area contributed by atoms with Gasteiger partial charge in [-0.15, -0.1) is 11.3 Å². The number of esters is 1. The highest BCUT2D eigenvalue weighted by atomic mass is 127. The molecule has 1 heterocycles. The highest BCUT2D eigenvalue weighted by molar-refractivity contribution is 14.1. The molecule has 1 unspecified atom stereocenters. The number of hydrogen-bond donors (Lipinski definition) is 0. The van der Waals surface area contributed by atoms with E-state index >= 15 is 0 Å². The molecule has 0 fully saturated rings. The molecule has 0 bridgehead atoms. The maximum absolute atomic E-state index is 13.7.